The lowest BCUT2D eigenvalue weighted by atomic mass is 10.0. The Hall–Kier alpha value is -1.66. The van der Waals surface area contributed by atoms with Gasteiger partial charge in [0, 0.05) is 13.0 Å². The molecule has 0 aliphatic carbocycles. The molecule has 1 aromatic rings. The predicted octanol–water partition coefficient (Wildman–Crippen LogP) is 1.87. The van der Waals surface area contributed by atoms with Gasteiger partial charge in [-0.25, -0.2) is 9.18 Å². The van der Waals surface area contributed by atoms with E-state index in [1.54, 1.807) is 4.90 Å². The van der Waals surface area contributed by atoms with Crippen LogP contribution in [0.25, 0.3) is 0 Å². The summed E-state index contributed by atoms with van der Waals surface area (Å²) in [4.78, 5) is 13.0. The summed E-state index contributed by atoms with van der Waals surface area (Å²) in [6, 6.07) is 4.10. The van der Waals surface area contributed by atoms with Crippen molar-refractivity contribution in [1.82, 2.24) is 0 Å². The molecule has 0 unspecified atom stereocenters. The Morgan fingerprint density at radius 3 is 2.80 bits per heavy atom. The first kappa shape index (κ1) is 13.3. The van der Waals surface area contributed by atoms with Crippen LogP contribution in [0.5, 0.6) is 0 Å². The van der Waals surface area contributed by atoms with Gasteiger partial charge in [-0.1, -0.05) is 6.07 Å². The number of carboxylic acid groups (broad SMARTS) is 1. The summed E-state index contributed by atoms with van der Waals surface area (Å²) in [5.74, 6) is -2.37. The van der Waals surface area contributed by atoms with Crippen LogP contribution in [0.4, 0.5) is 10.1 Å². The second-order valence-corrected chi connectivity index (χ2v) is 5.07. The molecule has 108 valence electrons. The number of anilines is 1. The third kappa shape index (κ3) is 2.25. The summed E-state index contributed by atoms with van der Waals surface area (Å²) < 4.78 is 25.4. The number of carboxylic acids is 1. The van der Waals surface area contributed by atoms with Gasteiger partial charge in [0.05, 0.1) is 31.0 Å². The van der Waals surface area contributed by atoms with Crippen LogP contribution in [0.2, 0.25) is 0 Å². The van der Waals surface area contributed by atoms with E-state index in [0.717, 1.165) is 12.8 Å². The molecule has 1 aromatic carbocycles. The molecule has 20 heavy (non-hydrogen) atoms. The fourth-order valence-corrected chi connectivity index (χ4v) is 2.92. The minimum absolute atomic E-state index is 0.0277. The maximum Gasteiger partial charge on any atom is 0.337 e. The monoisotopic (exact) mass is 281 g/mol. The fourth-order valence-electron chi connectivity index (χ4n) is 2.92. The topological polar surface area (TPSA) is 59.0 Å². The quantitative estimate of drug-likeness (QED) is 0.896. The number of halogens is 1. The fraction of sp³-hybridized carbons (Fsp3) is 0.500. The summed E-state index contributed by atoms with van der Waals surface area (Å²) in [6.45, 7) is 2.00. The third-order valence-corrected chi connectivity index (χ3v) is 3.76. The van der Waals surface area contributed by atoms with E-state index in [1.807, 2.05) is 0 Å². The molecule has 2 saturated heterocycles. The lowest BCUT2D eigenvalue weighted by Gasteiger charge is -2.40. The van der Waals surface area contributed by atoms with Crippen LogP contribution in [0.3, 0.4) is 0 Å². The summed E-state index contributed by atoms with van der Waals surface area (Å²) >= 11 is 0. The number of ether oxygens (including phenoxy) is 2. The molecule has 2 heterocycles. The highest BCUT2D eigenvalue weighted by atomic mass is 19.1. The van der Waals surface area contributed by atoms with Crippen molar-refractivity contribution in [3.63, 3.8) is 0 Å². The van der Waals surface area contributed by atoms with Gasteiger partial charge >= 0.3 is 5.97 Å². The third-order valence-electron chi connectivity index (χ3n) is 3.76. The van der Waals surface area contributed by atoms with E-state index in [2.05, 4.69) is 0 Å². The molecule has 0 saturated carbocycles. The van der Waals surface area contributed by atoms with Crippen LogP contribution in [-0.4, -0.2) is 43.2 Å². The van der Waals surface area contributed by atoms with Crippen LogP contribution in [0, 0.1) is 5.82 Å². The number of aromatic carboxylic acids is 1. The Balaban J connectivity index is 1.94. The second kappa shape index (κ2) is 5.03. The molecule has 0 aromatic heterocycles. The highest BCUT2D eigenvalue weighted by molar-refractivity contribution is 5.94. The minimum Gasteiger partial charge on any atom is -0.478 e. The molecular weight excluding hydrogens is 265 g/mol. The zero-order chi connectivity index (χ0) is 14.2. The van der Waals surface area contributed by atoms with Gasteiger partial charge in [-0.15, -0.1) is 0 Å². The molecule has 1 N–H and O–H groups in total. The number of carbonyl (C=O) groups is 1. The highest BCUT2D eigenvalue weighted by Gasteiger charge is 2.42. The highest BCUT2D eigenvalue weighted by Crippen LogP contribution is 2.35. The van der Waals surface area contributed by atoms with Gasteiger partial charge in [-0.2, -0.15) is 0 Å². The van der Waals surface area contributed by atoms with Crippen molar-refractivity contribution in [2.45, 2.75) is 18.6 Å². The van der Waals surface area contributed by atoms with Crippen LogP contribution < -0.4 is 4.90 Å². The average molecular weight is 281 g/mol. The number of rotatable bonds is 2. The standard InChI is InChI=1S/C14H16FNO4/c15-11-4-1-3-10(13(17)18)12(11)16-6-2-5-14(9-16)19-7-8-20-14/h1,3-4H,2,5-9H2,(H,17,18). The molecular formula is C14H16FNO4. The largest absolute Gasteiger partial charge is 0.478 e. The Labute approximate surface area is 115 Å². The van der Waals surface area contributed by atoms with E-state index in [1.165, 1.54) is 18.2 Å². The van der Waals surface area contributed by atoms with Gasteiger partial charge in [-0.05, 0) is 18.6 Å². The molecule has 3 rings (SSSR count). The first-order valence-electron chi connectivity index (χ1n) is 6.66. The van der Waals surface area contributed by atoms with E-state index >= 15 is 0 Å². The Morgan fingerprint density at radius 2 is 2.10 bits per heavy atom. The predicted molar refractivity (Wildman–Crippen MR) is 69.4 cm³/mol. The van der Waals surface area contributed by atoms with E-state index < -0.39 is 17.6 Å². The zero-order valence-corrected chi connectivity index (χ0v) is 11.0. The van der Waals surface area contributed by atoms with Gasteiger partial charge in [0.15, 0.2) is 5.79 Å². The van der Waals surface area contributed by atoms with Crippen molar-refractivity contribution < 1.29 is 23.8 Å². The van der Waals surface area contributed by atoms with E-state index in [-0.39, 0.29) is 11.3 Å². The molecule has 5 nitrogen and oxygen atoms in total. The van der Waals surface area contributed by atoms with Crippen LogP contribution in [0.15, 0.2) is 18.2 Å². The number of para-hydroxylation sites is 1. The zero-order valence-electron chi connectivity index (χ0n) is 11.0. The van der Waals surface area contributed by atoms with Gasteiger partial charge in [0.1, 0.15) is 5.82 Å². The lowest BCUT2D eigenvalue weighted by Crippen LogP contribution is -2.49. The summed E-state index contributed by atoms with van der Waals surface area (Å²) in [5.41, 5.74) is 0.0956. The SMILES string of the molecule is O=C(O)c1cccc(F)c1N1CCCC2(C1)OCCO2. The lowest BCUT2D eigenvalue weighted by molar-refractivity contribution is -0.161. The molecule has 0 bridgehead atoms. The van der Waals surface area contributed by atoms with E-state index in [4.69, 9.17) is 9.47 Å². The van der Waals surface area contributed by atoms with Crippen molar-refractivity contribution in [2.75, 3.05) is 31.2 Å². The Bertz CT molecular complexity index is 528. The molecule has 0 amide bonds. The molecule has 2 aliphatic heterocycles. The smallest absolute Gasteiger partial charge is 0.337 e. The Kier molecular flexibility index (Phi) is 3.35. The maximum atomic E-state index is 14.1. The maximum absolute atomic E-state index is 14.1. The average Bonchev–Trinajstić information content (AvgIpc) is 2.86. The van der Waals surface area contributed by atoms with E-state index in [0.29, 0.717) is 26.3 Å². The number of hydrogen-bond acceptors (Lipinski definition) is 4. The second-order valence-electron chi connectivity index (χ2n) is 5.07. The summed E-state index contributed by atoms with van der Waals surface area (Å²) in [7, 11) is 0. The van der Waals surface area contributed by atoms with Gasteiger partial charge < -0.3 is 19.5 Å². The van der Waals surface area contributed by atoms with Crippen molar-refractivity contribution in [1.29, 1.82) is 0 Å². The normalized spacial score (nSPS) is 21.4. The molecule has 0 radical (unpaired) electrons. The van der Waals surface area contributed by atoms with E-state index in [9.17, 15) is 14.3 Å². The molecule has 6 heteroatoms. The van der Waals surface area contributed by atoms with Gasteiger partial charge in [-0.3, -0.25) is 0 Å². The Morgan fingerprint density at radius 1 is 1.35 bits per heavy atom. The number of benzene rings is 1. The molecule has 0 atom stereocenters. The van der Waals surface area contributed by atoms with Crippen LogP contribution in [0.1, 0.15) is 23.2 Å². The molecule has 2 aliphatic rings. The number of piperidine rings is 1. The number of hydrogen-bond donors (Lipinski definition) is 1. The van der Waals surface area contributed by atoms with Crippen LogP contribution >= 0.6 is 0 Å². The first-order valence-corrected chi connectivity index (χ1v) is 6.66. The van der Waals surface area contributed by atoms with Crippen molar-refractivity contribution in [3.05, 3.63) is 29.6 Å². The summed E-state index contributed by atoms with van der Waals surface area (Å²) in [5, 5.41) is 9.22. The first-order chi connectivity index (χ1) is 9.61. The number of nitrogens with zero attached hydrogens (tertiary/aromatic N) is 1. The van der Waals surface area contributed by atoms with Crippen molar-refractivity contribution >= 4 is 11.7 Å². The van der Waals surface area contributed by atoms with Gasteiger partial charge in [0.2, 0.25) is 0 Å². The molecule has 1 spiro atoms. The van der Waals surface area contributed by atoms with Crippen molar-refractivity contribution in [2.24, 2.45) is 0 Å². The van der Waals surface area contributed by atoms with Crippen LogP contribution in [-0.2, 0) is 9.47 Å². The summed E-state index contributed by atoms with van der Waals surface area (Å²) in [6.07, 6.45) is 1.52. The minimum atomic E-state index is -1.13. The van der Waals surface area contributed by atoms with Crippen molar-refractivity contribution in [3.8, 4) is 0 Å². The van der Waals surface area contributed by atoms with Gasteiger partial charge in [0.25, 0.3) is 0 Å². The molecule has 2 fully saturated rings.